The molecule has 0 radical (unpaired) electrons. The number of carbonyl (C=O) groups is 2. The topological polar surface area (TPSA) is 125 Å². The maximum Gasteiger partial charge on any atom is 0.317 e. The minimum absolute atomic E-state index is 0.0163. The Balaban J connectivity index is 1.66. The number of nitrogens with one attached hydrogen (secondary N) is 1. The number of aliphatic hydroxyl groups is 1. The third-order valence-electron chi connectivity index (χ3n) is 6.12. The highest BCUT2D eigenvalue weighted by Gasteiger charge is 2.53. The molecule has 1 amide bonds. The summed E-state index contributed by atoms with van der Waals surface area (Å²) in [5.74, 6) is -0.443. The van der Waals surface area contributed by atoms with Gasteiger partial charge in [-0.2, -0.15) is 0 Å². The van der Waals surface area contributed by atoms with Gasteiger partial charge < -0.3 is 24.8 Å². The lowest BCUT2D eigenvalue weighted by Gasteiger charge is -2.53. The predicted octanol–water partition coefficient (Wildman–Crippen LogP) is 0.409. The number of carbonyl (C=O) groups excluding carboxylic acids is 1. The molecule has 0 aromatic carbocycles. The number of carboxylic acids is 1. The van der Waals surface area contributed by atoms with Crippen molar-refractivity contribution in [3.8, 4) is 0 Å². The molecule has 3 heterocycles. The fourth-order valence-corrected chi connectivity index (χ4v) is 4.37. The van der Waals surface area contributed by atoms with Gasteiger partial charge in [-0.15, -0.1) is 0 Å². The van der Waals surface area contributed by atoms with Gasteiger partial charge in [0.1, 0.15) is 11.9 Å². The summed E-state index contributed by atoms with van der Waals surface area (Å²) in [5, 5.41) is 27.0. The number of hydrogen-bond acceptors (Lipinski definition) is 7. The van der Waals surface area contributed by atoms with Crippen LogP contribution in [0.2, 0.25) is 0 Å². The standard InChI is InChI=1S/C19H29N3O6/c1-12-14(13(2)28-21-12)10-15(23)20-18(3)6-9-27-19(17(18)26)4-7-22(8-5-19)11-16(24)25/h17,26H,4-11H2,1-3H3,(H,20,23)(H,24,25)/t17-,18+/m1/s1. The fourth-order valence-electron chi connectivity index (χ4n) is 4.37. The molecule has 2 fully saturated rings. The molecule has 2 atom stereocenters. The average Bonchev–Trinajstić information content (AvgIpc) is 2.93. The van der Waals surface area contributed by atoms with Gasteiger partial charge in [0.25, 0.3) is 0 Å². The van der Waals surface area contributed by atoms with Gasteiger partial charge in [-0.1, -0.05) is 5.16 Å². The van der Waals surface area contributed by atoms with Crippen molar-refractivity contribution >= 4 is 11.9 Å². The Hall–Kier alpha value is -1.97. The van der Waals surface area contributed by atoms with Gasteiger partial charge in [0.2, 0.25) is 5.91 Å². The molecule has 9 heteroatoms. The van der Waals surface area contributed by atoms with E-state index < -0.39 is 23.2 Å². The van der Waals surface area contributed by atoms with Crippen LogP contribution in [0.3, 0.4) is 0 Å². The zero-order valence-corrected chi connectivity index (χ0v) is 16.7. The van der Waals surface area contributed by atoms with E-state index in [1.807, 2.05) is 11.8 Å². The smallest absolute Gasteiger partial charge is 0.317 e. The van der Waals surface area contributed by atoms with Crippen LogP contribution < -0.4 is 5.32 Å². The Morgan fingerprint density at radius 3 is 2.54 bits per heavy atom. The number of aryl methyl sites for hydroxylation is 2. The molecular formula is C19H29N3O6. The number of amides is 1. The zero-order valence-electron chi connectivity index (χ0n) is 16.7. The van der Waals surface area contributed by atoms with E-state index >= 15 is 0 Å². The van der Waals surface area contributed by atoms with Crippen LogP contribution in [0.4, 0.5) is 0 Å². The summed E-state index contributed by atoms with van der Waals surface area (Å²) < 4.78 is 11.1. The van der Waals surface area contributed by atoms with Crippen molar-refractivity contribution < 1.29 is 29.1 Å². The Morgan fingerprint density at radius 2 is 1.96 bits per heavy atom. The first kappa shape index (κ1) is 20.8. The van der Waals surface area contributed by atoms with Crippen LogP contribution in [0.15, 0.2) is 4.52 Å². The van der Waals surface area contributed by atoms with Gasteiger partial charge in [0.15, 0.2) is 0 Å². The van der Waals surface area contributed by atoms with Crippen molar-refractivity contribution in [2.75, 3.05) is 26.2 Å². The second-order valence-electron chi connectivity index (χ2n) is 8.18. The monoisotopic (exact) mass is 395 g/mol. The van der Waals surface area contributed by atoms with Crippen molar-refractivity contribution in [2.24, 2.45) is 0 Å². The third-order valence-corrected chi connectivity index (χ3v) is 6.12. The van der Waals surface area contributed by atoms with Crippen molar-refractivity contribution in [2.45, 2.75) is 63.7 Å². The number of aromatic nitrogens is 1. The largest absolute Gasteiger partial charge is 0.480 e. The van der Waals surface area contributed by atoms with Crippen LogP contribution in [0.1, 0.15) is 43.2 Å². The number of carboxylic acid groups (broad SMARTS) is 1. The van der Waals surface area contributed by atoms with E-state index in [4.69, 9.17) is 14.4 Å². The van der Waals surface area contributed by atoms with E-state index in [-0.39, 0.29) is 18.9 Å². The van der Waals surface area contributed by atoms with Gasteiger partial charge >= 0.3 is 5.97 Å². The third kappa shape index (κ3) is 4.06. The summed E-state index contributed by atoms with van der Waals surface area (Å²) >= 11 is 0. The maximum absolute atomic E-state index is 12.7. The molecule has 0 bridgehead atoms. The van der Waals surface area contributed by atoms with Gasteiger partial charge in [-0.25, -0.2) is 0 Å². The number of aliphatic carboxylic acids is 1. The summed E-state index contributed by atoms with van der Waals surface area (Å²) in [6, 6.07) is 0. The van der Waals surface area contributed by atoms with E-state index in [1.165, 1.54) is 0 Å². The molecule has 9 nitrogen and oxygen atoms in total. The first-order valence-electron chi connectivity index (χ1n) is 9.64. The Kier molecular flexibility index (Phi) is 5.79. The second-order valence-corrected chi connectivity index (χ2v) is 8.18. The summed E-state index contributed by atoms with van der Waals surface area (Å²) in [5.41, 5.74) is -0.131. The van der Waals surface area contributed by atoms with Gasteiger partial charge in [-0.05, 0) is 40.0 Å². The second kappa shape index (κ2) is 7.81. The summed E-state index contributed by atoms with van der Waals surface area (Å²) in [4.78, 5) is 25.4. The Bertz CT molecular complexity index is 721. The fraction of sp³-hybridized carbons (Fsp3) is 0.737. The van der Waals surface area contributed by atoms with E-state index in [9.17, 15) is 14.7 Å². The minimum Gasteiger partial charge on any atom is -0.480 e. The highest BCUT2D eigenvalue weighted by Crippen LogP contribution is 2.40. The summed E-state index contributed by atoms with van der Waals surface area (Å²) in [6.45, 7) is 6.89. The molecule has 3 rings (SSSR count). The molecule has 0 unspecified atom stereocenters. The normalized spacial score (nSPS) is 27.6. The molecule has 1 aromatic heterocycles. The highest BCUT2D eigenvalue weighted by atomic mass is 16.5. The molecule has 2 aliphatic rings. The first-order chi connectivity index (χ1) is 13.2. The maximum atomic E-state index is 12.7. The number of ether oxygens (including phenoxy) is 1. The highest BCUT2D eigenvalue weighted by molar-refractivity contribution is 5.80. The molecule has 28 heavy (non-hydrogen) atoms. The molecule has 1 spiro atoms. The first-order valence-corrected chi connectivity index (χ1v) is 9.64. The van der Waals surface area contributed by atoms with E-state index in [2.05, 4.69) is 10.5 Å². The minimum atomic E-state index is -0.880. The summed E-state index contributed by atoms with van der Waals surface area (Å²) in [7, 11) is 0. The van der Waals surface area contributed by atoms with Gasteiger partial charge in [0, 0.05) is 25.3 Å². The van der Waals surface area contributed by atoms with Crippen LogP contribution in [0.5, 0.6) is 0 Å². The molecule has 3 N–H and O–H groups in total. The van der Waals surface area contributed by atoms with Crippen molar-refractivity contribution in [1.82, 2.24) is 15.4 Å². The molecule has 1 aromatic rings. The lowest BCUT2D eigenvalue weighted by atomic mass is 9.73. The number of aliphatic hydroxyl groups excluding tert-OH is 1. The molecule has 156 valence electrons. The number of likely N-dealkylation sites (tertiary alicyclic amines) is 1. The molecular weight excluding hydrogens is 366 g/mol. The molecule has 2 aliphatic heterocycles. The molecule has 0 saturated carbocycles. The van der Waals surface area contributed by atoms with Crippen LogP contribution >= 0.6 is 0 Å². The average molecular weight is 395 g/mol. The lowest BCUT2D eigenvalue weighted by Crippen LogP contribution is -2.69. The predicted molar refractivity (Wildman–Crippen MR) is 98.8 cm³/mol. The van der Waals surface area contributed by atoms with E-state index in [0.29, 0.717) is 50.4 Å². The van der Waals surface area contributed by atoms with E-state index in [0.717, 1.165) is 5.56 Å². The van der Waals surface area contributed by atoms with Gasteiger partial charge in [0.05, 0.1) is 29.8 Å². The number of piperidine rings is 1. The number of rotatable bonds is 5. The van der Waals surface area contributed by atoms with Crippen LogP contribution in [0, 0.1) is 13.8 Å². The Morgan fingerprint density at radius 1 is 1.29 bits per heavy atom. The van der Waals surface area contributed by atoms with Crippen LogP contribution in [-0.4, -0.2) is 75.6 Å². The number of nitrogens with zero attached hydrogens (tertiary/aromatic N) is 2. The van der Waals surface area contributed by atoms with Crippen molar-refractivity contribution in [1.29, 1.82) is 0 Å². The number of hydrogen-bond donors (Lipinski definition) is 3. The molecule has 2 saturated heterocycles. The van der Waals surface area contributed by atoms with Crippen molar-refractivity contribution in [3.63, 3.8) is 0 Å². The lowest BCUT2D eigenvalue weighted by molar-refractivity contribution is -0.208. The van der Waals surface area contributed by atoms with E-state index in [1.54, 1.807) is 13.8 Å². The Labute approximate surface area is 164 Å². The molecule has 0 aliphatic carbocycles. The summed E-state index contributed by atoms with van der Waals surface area (Å²) in [6.07, 6.45) is 0.814. The quantitative estimate of drug-likeness (QED) is 0.655. The van der Waals surface area contributed by atoms with Crippen molar-refractivity contribution in [3.05, 3.63) is 17.0 Å². The van der Waals surface area contributed by atoms with Crippen LogP contribution in [0.25, 0.3) is 0 Å². The van der Waals surface area contributed by atoms with Gasteiger partial charge in [-0.3, -0.25) is 14.5 Å². The zero-order chi connectivity index (χ0) is 20.5. The van der Waals surface area contributed by atoms with Crippen LogP contribution in [-0.2, 0) is 20.7 Å². The SMILES string of the molecule is Cc1noc(C)c1CC(=O)N[C@@]1(C)CCOC2(CCN(CC(=O)O)CC2)[C@@H]1O.